The molecule has 0 unspecified atom stereocenters. The number of nitrogens with zero attached hydrogens (tertiary/aromatic N) is 2. The van der Waals surface area contributed by atoms with E-state index in [2.05, 4.69) is 41.8 Å². The average molecular weight is 549 g/mol. The number of carbonyl (C=O) groups excluding carboxylic acids is 2. The fourth-order valence-electron chi connectivity index (χ4n) is 4.92. The van der Waals surface area contributed by atoms with E-state index in [4.69, 9.17) is 16.5 Å². The lowest BCUT2D eigenvalue weighted by Crippen LogP contribution is -2.33. The van der Waals surface area contributed by atoms with E-state index in [-0.39, 0.29) is 29.5 Å². The molecule has 2 atom stereocenters. The van der Waals surface area contributed by atoms with Crippen molar-refractivity contribution in [2.75, 3.05) is 17.6 Å². The standard InChI is InChI=1S/C28H32N6O2S2/c1-28(2,3)18-7-8-21-16(10-18)9-17-12-23(38-27(17)33-21)25(35)32-22(13-29)15-5-4-6-19(11-15)31-26(36)24-20(30)14-37-34-24/h4-6,9,11-12,14,18,22H,7-8,10,13,29-30H2,1-3H3,(H,31,36)(H,32,35)/t18-,22-/m1/s1. The van der Waals surface area contributed by atoms with Crippen molar-refractivity contribution in [2.24, 2.45) is 17.1 Å². The van der Waals surface area contributed by atoms with Crippen molar-refractivity contribution in [3.8, 4) is 0 Å². The number of thiophene rings is 1. The maximum atomic E-state index is 13.2. The highest BCUT2D eigenvalue weighted by molar-refractivity contribution is 7.20. The predicted molar refractivity (Wildman–Crippen MR) is 155 cm³/mol. The number of anilines is 2. The number of hydrogen-bond acceptors (Lipinski definition) is 8. The second-order valence-corrected chi connectivity index (χ2v) is 12.5. The number of amides is 2. The molecule has 1 aliphatic rings. The van der Waals surface area contributed by atoms with Crippen molar-refractivity contribution in [2.45, 2.75) is 46.1 Å². The molecule has 3 heterocycles. The molecular weight excluding hydrogens is 516 g/mol. The number of carbonyl (C=O) groups is 2. The van der Waals surface area contributed by atoms with Gasteiger partial charge in [-0.3, -0.25) is 9.59 Å². The molecule has 0 saturated carbocycles. The molecule has 0 spiro atoms. The van der Waals surface area contributed by atoms with Crippen molar-refractivity contribution in [3.05, 3.63) is 69.2 Å². The number of fused-ring (bicyclic) bond motifs is 2. The highest BCUT2D eigenvalue weighted by atomic mass is 32.1. The minimum absolute atomic E-state index is 0.193. The Morgan fingerprint density at radius 2 is 2.00 bits per heavy atom. The molecular formula is C28H32N6O2S2. The second-order valence-electron chi connectivity index (χ2n) is 10.9. The Balaban J connectivity index is 1.31. The minimum Gasteiger partial charge on any atom is -0.396 e. The lowest BCUT2D eigenvalue weighted by atomic mass is 9.71. The molecule has 0 aliphatic heterocycles. The lowest BCUT2D eigenvalue weighted by Gasteiger charge is -2.34. The van der Waals surface area contributed by atoms with Gasteiger partial charge in [-0.2, -0.15) is 4.37 Å². The summed E-state index contributed by atoms with van der Waals surface area (Å²) in [5.74, 6) is 0.0441. The first-order valence-electron chi connectivity index (χ1n) is 12.7. The number of nitrogen functional groups attached to an aromatic ring is 1. The van der Waals surface area contributed by atoms with Gasteiger partial charge < -0.3 is 22.1 Å². The highest BCUT2D eigenvalue weighted by Crippen LogP contribution is 2.38. The molecule has 2 amide bonds. The van der Waals surface area contributed by atoms with E-state index < -0.39 is 6.04 Å². The van der Waals surface area contributed by atoms with E-state index in [1.807, 2.05) is 18.2 Å². The number of nitrogens with one attached hydrogen (secondary N) is 2. The SMILES string of the molecule is CC(C)(C)[C@@H]1CCc2nc3sc(C(=O)N[C@H](CN)c4cccc(NC(=O)c5nscc5N)c4)cc3cc2C1. The molecule has 198 valence electrons. The van der Waals surface area contributed by atoms with Gasteiger partial charge in [0.05, 0.1) is 16.6 Å². The molecule has 8 nitrogen and oxygen atoms in total. The molecule has 3 aromatic heterocycles. The van der Waals surface area contributed by atoms with E-state index >= 15 is 0 Å². The fourth-order valence-corrected chi connectivity index (χ4v) is 6.43. The van der Waals surface area contributed by atoms with Gasteiger partial charge in [-0.1, -0.05) is 32.9 Å². The normalized spacial score (nSPS) is 16.2. The summed E-state index contributed by atoms with van der Waals surface area (Å²) in [7, 11) is 0. The van der Waals surface area contributed by atoms with Crippen LogP contribution < -0.4 is 22.1 Å². The molecule has 0 fully saturated rings. The van der Waals surface area contributed by atoms with Crippen LogP contribution in [-0.4, -0.2) is 27.7 Å². The first-order chi connectivity index (χ1) is 18.1. The van der Waals surface area contributed by atoms with Crippen LogP contribution in [-0.2, 0) is 12.8 Å². The van der Waals surface area contributed by atoms with Crippen molar-refractivity contribution < 1.29 is 9.59 Å². The summed E-state index contributed by atoms with van der Waals surface area (Å²) in [6.45, 7) is 7.11. The largest absolute Gasteiger partial charge is 0.396 e. The number of rotatable bonds is 6. The van der Waals surface area contributed by atoms with Crippen LogP contribution in [0, 0.1) is 11.3 Å². The number of aromatic nitrogens is 2. The third-order valence-corrected chi connectivity index (χ3v) is 8.91. The smallest absolute Gasteiger partial charge is 0.277 e. The van der Waals surface area contributed by atoms with E-state index in [1.165, 1.54) is 16.9 Å². The maximum Gasteiger partial charge on any atom is 0.277 e. The first-order valence-corrected chi connectivity index (χ1v) is 14.3. The zero-order valence-electron chi connectivity index (χ0n) is 21.7. The molecule has 6 N–H and O–H groups in total. The number of benzene rings is 1. The third-order valence-electron chi connectivity index (χ3n) is 7.22. The number of pyridine rings is 1. The fraction of sp³-hybridized carbons (Fsp3) is 0.357. The minimum atomic E-state index is -0.428. The Kier molecular flexibility index (Phi) is 7.21. The van der Waals surface area contributed by atoms with Crippen LogP contribution in [0.2, 0.25) is 0 Å². The maximum absolute atomic E-state index is 13.2. The van der Waals surface area contributed by atoms with Gasteiger partial charge in [0.1, 0.15) is 4.83 Å². The topological polar surface area (TPSA) is 136 Å². The summed E-state index contributed by atoms with van der Waals surface area (Å²) in [6, 6.07) is 11.0. The van der Waals surface area contributed by atoms with E-state index in [0.717, 1.165) is 52.3 Å². The second kappa shape index (κ2) is 10.4. The quantitative estimate of drug-likeness (QED) is 0.263. The summed E-state index contributed by atoms with van der Waals surface area (Å²) in [5.41, 5.74) is 16.5. The molecule has 0 saturated heterocycles. The number of hydrogen-bond donors (Lipinski definition) is 4. The molecule has 10 heteroatoms. The van der Waals surface area contributed by atoms with Crippen LogP contribution in [0.25, 0.3) is 10.2 Å². The average Bonchev–Trinajstić information content (AvgIpc) is 3.50. The van der Waals surface area contributed by atoms with Crippen molar-refractivity contribution in [1.29, 1.82) is 0 Å². The molecule has 5 rings (SSSR count). The van der Waals surface area contributed by atoms with Crippen molar-refractivity contribution >= 4 is 56.3 Å². The van der Waals surface area contributed by atoms with E-state index in [9.17, 15) is 9.59 Å². The lowest BCUT2D eigenvalue weighted by molar-refractivity contribution is 0.0941. The van der Waals surface area contributed by atoms with Crippen LogP contribution in [0.4, 0.5) is 11.4 Å². The summed E-state index contributed by atoms with van der Waals surface area (Å²) in [5, 5.41) is 8.48. The van der Waals surface area contributed by atoms with Crippen LogP contribution in [0.3, 0.4) is 0 Å². The molecule has 0 radical (unpaired) electrons. The van der Waals surface area contributed by atoms with Crippen molar-refractivity contribution in [1.82, 2.24) is 14.7 Å². The third kappa shape index (κ3) is 5.43. The summed E-state index contributed by atoms with van der Waals surface area (Å²) in [4.78, 5) is 32.2. The molecule has 4 aromatic rings. The Morgan fingerprint density at radius 3 is 2.71 bits per heavy atom. The number of nitrogens with two attached hydrogens (primary N) is 2. The molecule has 1 aromatic carbocycles. The zero-order valence-corrected chi connectivity index (χ0v) is 23.3. The van der Waals surface area contributed by atoms with E-state index in [0.29, 0.717) is 22.2 Å². The summed E-state index contributed by atoms with van der Waals surface area (Å²) < 4.78 is 4.04. The summed E-state index contributed by atoms with van der Waals surface area (Å²) in [6.07, 6.45) is 3.14. The number of aryl methyl sites for hydroxylation is 1. The van der Waals surface area contributed by atoms with Gasteiger partial charge in [0.2, 0.25) is 0 Å². The van der Waals surface area contributed by atoms with Gasteiger partial charge in [-0.15, -0.1) is 11.3 Å². The van der Waals surface area contributed by atoms with Crippen molar-refractivity contribution in [3.63, 3.8) is 0 Å². The summed E-state index contributed by atoms with van der Waals surface area (Å²) >= 11 is 2.53. The van der Waals surface area contributed by atoms with Gasteiger partial charge in [0.25, 0.3) is 11.8 Å². The first kappa shape index (κ1) is 26.3. The van der Waals surface area contributed by atoms with Gasteiger partial charge in [-0.25, -0.2) is 4.98 Å². The molecule has 1 aliphatic carbocycles. The predicted octanol–water partition coefficient (Wildman–Crippen LogP) is 5.17. The van der Waals surface area contributed by atoms with Gasteiger partial charge in [-0.05, 0) is 77.5 Å². The highest BCUT2D eigenvalue weighted by Gasteiger charge is 2.30. The van der Waals surface area contributed by atoms with Gasteiger partial charge in [0.15, 0.2) is 5.69 Å². The van der Waals surface area contributed by atoms with Crippen LogP contribution >= 0.6 is 22.9 Å². The Hall–Kier alpha value is -3.34. The van der Waals surface area contributed by atoms with Gasteiger partial charge in [0, 0.05) is 28.7 Å². The monoisotopic (exact) mass is 548 g/mol. The van der Waals surface area contributed by atoms with Gasteiger partial charge >= 0.3 is 0 Å². The van der Waals surface area contributed by atoms with E-state index in [1.54, 1.807) is 17.5 Å². The zero-order chi connectivity index (χ0) is 27.0. The Labute approximate surface area is 230 Å². The van der Waals surface area contributed by atoms with Crippen LogP contribution in [0.1, 0.15) is 70.2 Å². The molecule has 38 heavy (non-hydrogen) atoms. The van der Waals surface area contributed by atoms with Crippen LogP contribution in [0.15, 0.2) is 41.8 Å². The Morgan fingerprint density at radius 1 is 1.18 bits per heavy atom. The van der Waals surface area contributed by atoms with Crippen LogP contribution in [0.5, 0.6) is 0 Å². The Bertz CT molecular complexity index is 1500. The molecule has 0 bridgehead atoms.